The Hall–Kier alpha value is -1.75. The smallest absolute Gasteiger partial charge is 0.338 e. The molecule has 0 aliphatic carbocycles. The molecule has 0 spiro atoms. The number of quaternary nitrogens is 1. The van der Waals surface area contributed by atoms with Crippen LogP contribution in [0.1, 0.15) is 29.6 Å². The van der Waals surface area contributed by atoms with Crippen LogP contribution in [0.3, 0.4) is 0 Å². The molecule has 0 bridgehead atoms. The van der Waals surface area contributed by atoms with E-state index in [0.29, 0.717) is 6.61 Å². The summed E-state index contributed by atoms with van der Waals surface area (Å²) in [6.07, 6.45) is 3.79. The van der Waals surface area contributed by atoms with Gasteiger partial charge in [0.2, 0.25) is 0 Å². The molecule has 1 aliphatic rings. The van der Waals surface area contributed by atoms with Crippen molar-refractivity contribution in [2.75, 3.05) is 26.2 Å². The second-order valence-corrected chi connectivity index (χ2v) is 4.90. The summed E-state index contributed by atoms with van der Waals surface area (Å²) >= 11 is 0. The molecule has 0 radical (unpaired) electrons. The normalized spacial score (nSPS) is 16.2. The second-order valence-electron chi connectivity index (χ2n) is 4.90. The maximum atomic E-state index is 11.7. The first kappa shape index (κ1) is 13.7. The topological polar surface area (TPSA) is 71.2 Å². The largest absolute Gasteiger partial charge is 0.504 e. The number of phenols is 2. The Kier molecular flexibility index (Phi) is 4.63. The molecule has 1 heterocycles. The number of rotatable bonds is 4. The first-order valence-corrected chi connectivity index (χ1v) is 6.69. The van der Waals surface area contributed by atoms with Crippen molar-refractivity contribution in [2.24, 2.45) is 0 Å². The van der Waals surface area contributed by atoms with E-state index >= 15 is 0 Å². The lowest BCUT2D eigenvalue weighted by atomic mass is 10.1. The molecule has 0 atom stereocenters. The Bertz CT molecular complexity index is 441. The van der Waals surface area contributed by atoms with Gasteiger partial charge in [-0.1, -0.05) is 0 Å². The number of phenolic OH excluding ortho intramolecular Hbond substituents is 2. The molecule has 19 heavy (non-hydrogen) atoms. The van der Waals surface area contributed by atoms with E-state index in [-0.39, 0.29) is 17.1 Å². The summed E-state index contributed by atoms with van der Waals surface area (Å²) in [5.74, 6) is -1.02. The molecule has 1 aromatic carbocycles. The third kappa shape index (κ3) is 3.86. The van der Waals surface area contributed by atoms with Crippen LogP contribution < -0.4 is 4.90 Å². The van der Waals surface area contributed by atoms with Gasteiger partial charge < -0.3 is 19.8 Å². The predicted molar refractivity (Wildman–Crippen MR) is 69.5 cm³/mol. The monoisotopic (exact) mass is 266 g/mol. The van der Waals surface area contributed by atoms with E-state index in [2.05, 4.69) is 0 Å². The Morgan fingerprint density at radius 1 is 1.16 bits per heavy atom. The van der Waals surface area contributed by atoms with E-state index in [1.165, 1.54) is 42.4 Å². The molecule has 3 N–H and O–H groups in total. The molecule has 1 aliphatic heterocycles. The summed E-state index contributed by atoms with van der Waals surface area (Å²) < 4.78 is 5.17. The van der Waals surface area contributed by atoms with Gasteiger partial charge in [0.15, 0.2) is 11.5 Å². The van der Waals surface area contributed by atoms with Crippen molar-refractivity contribution in [2.45, 2.75) is 19.3 Å². The van der Waals surface area contributed by atoms with Gasteiger partial charge in [-0.15, -0.1) is 0 Å². The highest BCUT2D eigenvalue weighted by atomic mass is 16.5. The Balaban J connectivity index is 1.78. The number of carbonyl (C=O) groups excluding carboxylic acids is 1. The Morgan fingerprint density at radius 3 is 2.58 bits per heavy atom. The molecule has 5 nitrogen and oxygen atoms in total. The zero-order chi connectivity index (χ0) is 13.7. The number of nitrogens with one attached hydrogen (secondary N) is 1. The van der Waals surface area contributed by atoms with E-state index in [0.717, 1.165) is 19.6 Å². The molecule has 1 aromatic rings. The van der Waals surface area contributed by atoms with Crippen molar-refractivity contribution < 1.29 is 24.6 Å². The van der Waals surface area contributed by atoms with E-state index in [1.807, 2.05) is 0 Å². The van der Waals surface area contributed by atoms with Crippen molar-refractivity contribution >= 4 is 5.97 Å². The lowest BCUT2D eigenvalue weighted by Crippen LogP contribution is -3.13. The van der Waals surface area contributed by atoms with E-state index in [1.54, 1.807) is 0 Å². The van der Waals surface area contributed by atoms with Gasteiger partial charge in [-0.3, -0.25) is 0 Å². The third-order valence-corrected chi connectivity index (χ3v) is 3.46. The van der Waals surface area contributed by atoms with Gasteiger partial charge in [-0.2, -0.15) is 0 Å². The number of hydrogen-bond acceptors (Lipinski definition) is 4. The number of aromatic hydroxyl groups is 2. The molecule has 1 fully saturated rings. The number of esters is 1. The molecule has 5 heteroatoms. The fourth-order valence-electron chi connectivity index (χ4n) is 2.32. The minimum absolute atomic E-state index is 0.241. The van der Waals surface area contributed by atoms with Crippen LogP contribution in [0, 0.1) is 0 Å². The molecule has 0 aromatic heterocycles. The maximum Gasteiger partial charge on any atom is 0.338 e. The van der Waals surface area contributed by atoms with Gasteiger partial charge in [0.05, 0.1) is 18.7 Å². The molecule has 104 valence electrons. The number of piperidine rings is 1. The van der Waals surface area contributed by atoms with Gasteiger partial charge in [0.25, 0.3) is 0 Å². The van der Waals surface area contributed by atoms with Crippen molar-refractivity contribution in [1.82, 2.24) is 0 Å². The highest BCUT2D eigenvalue weighted by Crippen LogP contribution is 2.25. The molecule has 0 unspecified atom stereocenters. The van der Waals surface area contributed by atoms with Crippen LogP contribution in [0.25, 0.3) is 0 Å². The SMILES string of the molecule is O=C(OCC[NH+]1CCCCC1)c1ccc(O)c(O)c1. The number of carbonyl (C=O) groups is 1. The predicted octanol–water partition coefficient (Wildman–Crippen LogP) is 0.323. The average Bonchev–Trinajstić information content (AvgIpc) is 2.43. The van der Waals surface area contributed by atoms with Gasteiger partial charge >= 0.3 is 5.97 Å². The lowest BCUT2D eigenvalue weighted by molar-refractivity contribution is -0.905. The van der Waals surface area contributed by atoms with Gasteiger partial charge in [-0.25, -0.2) is 4.79 Å². The summed E-state index contributed by atoms with van der Waals surface area (Å²) in [4.78, 5) is 13.2. The van der Waals surface area contributed by atoms with Crippen LogP contribution in [0.2, 0.25) is 0 Å². The van der Waals surface area contributed by atoms with Crippen LogP contribution in [0.15, 0.2) is 18.2 Å². The minimum atomic E-state index is -0.466. The first-order valence-electron chi connectivity index (χ1n) is 6.69. The lowest BCUT2D eigenvalue weighted by Gasteiger charge is -2.23. The van der Waals surface area contributed by atoms with Crippen LogP contribution in [0.4, 0.5) is 0 Å². The molecule has 2 rings (SSSR count). The molecule has 0 saturated carbocycles. The van der Waals surface area contributed by atoms with Gasteiger partial charge in [0.1, 0.15) is 13.2 Å². The average molecular weight is 266 g/mol. The standard InChI is InChI=1S/C14H19NO4/c16-12-5-4-11(10-13(12)17)14(18)19-9-8-15-6-2-1-3-7-15/h4-5,10,16-17H,1-3,6-9H2/p+1. The number of hydrogen-bond donors (Lipinski definition) is 3. The maximum absolute atomic E-state index is 11.7. The summed E-state index contributed by atoms with van der Waals surface area (Å²) in [5.41, 5.74) is 0.254. The highest BCUT2D eigenvalue weighted by Gasteiger charge is 2.15. The minimum Gasteiger partial charge on any atom is -0.504 e. The zero-order valence-electron chi connectivity index (χ0n) is 10.9. The summed E-state index contributed by atoms with van der Waals surface area (Å²) in [6, 6.07) is 3.93. The van der Waals surface area contributed by atoms with Crippen LogP contribution in [-0.2, 0) is 4.74 Å². The van der Waals surface area contributed by atoms with Crippen molar-refractivity contribution in [1.29, 1.82) is 0 Å². The molecular weight excluding hydrogens is 246 g/mol. The van der Waals surface area contributed by atoms with Crippen LogP contribution in [0.5, 0.6) is 11.5 Å². The third-order valence-electron chi connectivity index (χ3n) is 3.46. The molecular formula is C14H20NO4+. The Morgan fingerprint density at radius 2 is 1.89 bits per heavy atom. The number of likely N-dealkylation sites (tertiary alicyclic amines) is 1. The van der Waals surface area contributed by atoms with Crippen molar-refractivity contribution in [3.8, 4) is 11.5 Å². The van der Waals surface area contributed by atoms with E-state index < -0.39 is 5.97 Å². The van der Waals surface area contributed by atoms with Crippen LogP contribution >= 0.6 is 0 Å². The van der Waals surface area contributed by atoms with Crippen molar-refractivity contribution in [3.63, 3.8) is 0 Å². The fourth-order valence-corrected chi connectivity index (χ4v) is 2.32. The molecule has 1 saturated heterocycles. The Labute approximate surface area is 112 Å². The quantitative estimate of drug-likeness (QED) is 0.542. The zero-order valence-corrected chi connectivity index (χ0v) is 10.9. The van der Waals surface area contributed by atoms with Gasteiger partial charge in [0, 0.05) is 0 Å². The number of benzene rings is 1. The van der Waals surface area contributed by atoms with Gasteiger partial charge in [-0.05, 0) is 37.5 Å². The highest BCUT2D eigenvalue weighted by molar-refractivity contribution is 5.90. The summed E-state index contributed by atoms with van der Waals surface area (Å²) in [5, 5.41) is 18.5. The molecule has 0 amide bonds. The first-order chi connectivity index (χ1) is 9.16. The summed E-state index contributed by atoms with van der Waals surface area (Å²) in [7, 11) is 0. The second kappa shape index (κ2) is 6.43. The van der Waals surface area contributed by atoms with Crippen molar-refractivity contribution in [3.05, 3.63) is 23.8 Å². The number of ether oxygens (including phenoxy) is 1. The summed E-state index contributed by atoms with van der Waals surface area (Å²) in [6.45, 7) is 3.51. The van der Waals surface area contributed by atoms with E-state index in [9.17, 15) is 9.90 Å². The van der Waals surface area contributed by atoms with Crippen LogP contribution in [-0.4, -0.2) is 42.4 Å². The fraction of sp³-hybridized carbons (Fsp3) is 0.500. The van der Waals surface area contributed by atoms with E-state index in [4.69, 9.17) is 9.84 Å².